The molecule has 4 rings (SSSR count). The summed E-state index contributed by atoms with van der Waals surface area (Å²) >= 11 is 1.48. The first-order chi connectivity index (χ1) is 10.2. The Morgan fingerprint density at radius 3 is 2.86 bits per heavy atom. The molecule has 1 aromatic carbocycles. The summed E-state index contributed by atoms with van der Waals surface area (Å²) in [5, 5.41) is 14.0. The molecule has 6 heteroatoms. The average molecular weight is 302 g/mol. The minimum absolute atomic E-state index is 0.0228. The number of carbonyl (C=O) groups is 1. The van der Waals surface area contributed by atoms with Crippen LogP contribution in [0.3, 0.4) is 0 Å². The fourth-order valence-corrected chi connectivity index (χ4v) is 4.02. The highest BCUT2D eigenvalue weighted by Crippen LogP contribution is 2.47. The average Bonchev–Trinajstić information content (AvgIpc) is 2.96. The number of carbonyl (C=O) groups excluding carboxylic acids is 1. The number of nitrogens with one attached hydrogen (secondary N) is 2. The van der Waals surface area contributed by atoms with Gasteiger partial charge in [-0.05, 0) is 38.0 Å². The minimum Gasteiger partial charge on any atom is -0.361 e. The lowest BCUT2D eigenvalue weighted by Crippen LogP contribution is -2.60. The third-order valence-electron chi connectivity index (χ3n) is 4.61. The van der Waals surface area contributed by atoms with Gasteiger partial charge >= 0.3 is 0 Å². The number of amides is 1. The quantitative estimate of drug-likeness (QED) is 0.773. The summed E-state index contributed by atoms with van der Waals surface area (Å²) < 4.78 is 0. The number of para-hydroxylation sites is 1. The van der Waals surface area contributed by atoms with Crippen molar-refractivity contribution in [1.82, 2.24) is 10.3 Å². The molecule has 5 nitrogen and oxygen atoms in total. The van der Waals surface area contributed by atoms with E-state index in [1.54, 1.807) is 0 Å². The molecule has 1 saturated carbocycles. The number of amidine groups is 1. The maximum absolute atomic E-state index is 12.6. The van der Waals surface area contributed by atoms with Crippen LogP contribution in [0.25, 0.3) is 0 Å². The van der Waals surface area contributed by atoms with Crippen molar-refractivity contribution in [2.75, 3.05) is 11.6 Å². The Labute approximate surface area is 128 Å². The minimum atomic E-state index is -0.323. The zero-order chi connectivity index (χ0) is 14.4. The summed E-state index contributed by atoms with van der Waals surface area (Å²) in [4.78, 5) is 12.6. The van der Waals surface area contributed by atoms with Gasteiger partial charge in [0.05, 0.1) is 0 Å². The fourth-order valence-electron chi connectivity index (χ4n) is 3.64. The van der Waals surface area contributed by atoms with Gasteiger partial charge in [0.25, 0.3) is 5.91 Å². The lowest BCUT2D eigenvalue weighted by Gasteiger charge is -2.50. The summed E-state index contributed by atoms with van der Waals surface area (Å²) in [7, 11) is 0. The van der Waals surface area contributed by atoms with Crippen LogP contribution in [0.2, 0.25) is 0 Å². The van der Waals surface area contributed by atoms with E-state index in [1.807, 2.05) is 29.5 Å². The number of nitrogens with zero attached hydrogens (tertiary/aromatic N) is 2. The number of benzene rings is 1. The van der Waals surface area contributed by atoms with Gasteiger partial charge in [0.1, 0.15) is 5.66 Å². The molecule has 0 bridgehead atoms. The number of hydrazone groups is 1. The number of rotatable bonds is 0. The topological polar surface area (TPSA) is 56.7 Å². The Morgan fingerprint density at radius 1 is 1.33 bits per heavy atom. The summed E-state index contributed by atoms with van der Waals surface area (Å²) in [6.07, 6.45) is 6.33. The molecule has 1 fully saturated rings. The van der Waals surface area contributed by atoms with Crippen LogP contribution in [-0.2, 0) is 4.79 Å². The predicted octanol–water partition coefficient (Wildman–Crippen LogP) is 2.49. The van der Waals surface area contributed by atoms with Crippen molar-refractivity contribution < 1.29 is 4.79 Å². The molecular formula is C15H18N4OS. The van der Waals surface area contributed by atoms with E-state index in [0.29, 0.717) is 5.17 Å². The zero-order valence-electron chi connectivity index (χ0n) is 11.9. The number of thioether (sulfide) groups is 1. The zero-order valence-corrected chi connectivity index (χ0v) is 12.7. The van der Waals surface area contributed by atoms with Gasteiger partial charge in [-0.3, -0.25) is 9.80 Å². The molecule has 0 saturated heterocycles. The second-order valence-corrected chi connectivity index (χ2v) is 6.59. The molecule has 21 heavy (non-hydrogen) atoms. The first-order valence-corrected chi connectivity index (χ1v) is 8.56. The maximum atomic E-state index is 12.6. The second kappa shape index (κ2) is 4.66. The van der Waals surface area contributed by atoms with Gasteiger partial charge in [-0.1, -0.05) is 30.0 Å². The van der Waals surface area contributed by atoms with Crippen LogP contribution in [0.1, 0.15) is 37.3 Å². The molecular weight excluding hydrogens is 284 g/mol. The van der Waals surface area contributed by atoms with Crippen molar-refractivity contribution in [1.29, 1.82) is 0 Å². The van der Waals surface area contributed by atoms with E-state index < -0.39 is 0 Å². The van der Waals surface area contributed by atoms with Crippen LogP contribution < -0.4 is 10.6 Å². The second-order valence-electron chi connectivity index (χ2n) is 5.80. The van der Waals surface area contributed by atoms with E-state index in [0.717, 1.165) is 24.1 Å². The highest BCUT2D eigenvalue weighted by molar-refractivity contribution is 8.13. The van der Waals surface area contributed by atoms with Gasteiger partial charge in [0.2, 0.25) is 0 Å². The van der Waals surface area contributed by atoms with E-state index in [-0.39, 0.29) is 17.6 Å². The number of anilines is 1. The van der Waals surface area contributed by atoms with Crippen LogP contribution in [-0.4, -0.2) is 28.0 Å². The van der Waals surface area contributed by atoms with Gasteiger partial charge < -0.3 is 10.6 Å². The van der Waals surface area contributed by atoms with E-state index in [1.165, 1.54) is 24.6 Å². The smallest absolute Gasteiger partial charge is 0.255 e. The van der Waals surface area contributed by atoms with Crippen molar-refractivity contribution in [3.05, 3.63) is 29.8 Å². The van der Waals surface area contributed by atoms with Crippen LogP contribution in [0, 0.1) is 0 Å². The molecule has 2 N–H and O–H groups in total. The van der Waals surface area contributed by atoms with Crippen molar-refractivity contribution in [2.45, 2.75) is 37.4 Å². The molecule has 0 unspecified atom stereocenters. The molecule has 1 aromatic rings. The Kier molecular flexibility index (Phi) is 2.89. The van der Waals surface area contributed by atoms with Crippen LogP contribution in [0.15, 0.2) is 29.4 Å². The molecule has 3 aliphatic rings. The normalized spacial score (nSPS) is 25.8. The lowest BCUT2D eigenvalue weighted by atomic mass is 9.93. The highest BCUT2D eigenvalue weighted by Gasteiger charge is 2.51. The molecule has 1 spiro atoms. The van der Waals surface area contributed by atoms with E-state index in [4.69, 9.17) is 5.10 Å². The molecule has 1 amide bonds. The monoisotopic (exact) mass is 302 g/mol. The predicted molar refractivity (Wildman–Crippen MR) is 84.9 cm³/mol. The number of hydrogen-bond donors (Lipinski definition) is 2. The van der Waals surface area contributed by atoms with Crippen LogP contribution >= 0.6 is 11.8 Å². The molecule has 110 valence electrons. The number of hydrogen-bond acceptors (Lipinski definition) is 5. The largest absolute Gasteiger partial charge is 0.361 e. The standard InChI is InChI=1S/C15H18N4OS/c1-21-14-16-13(20)12-10-6-2-3-7-11(10)17-15(19(12)18-14)8-4-5-9-15/h2-3,6-7,12,17H,4-5,8-9H2,1H3,(H,16,18,20)/t12-/m0/s1. The fraction of sp³-hybridized carbons (Fsp3) is 0.467. The third kappa shape index (κ3) is 1.85. The van der Waals surface area contributed by atoms with E-state index >= 15 is 0 Å². The van der Waals surface area contributed by atoms with E-state index in [9.17, 15) is 4.79 Å². The summed E-state index contributed by atoms with van der Waals surface area (Å²) in [5.74, 6) is 0.0228. The Bertz CT molecular complexity index is 624. The van der Waals surface area contributed by atoms with Crippen molar-refractivity contribution in [2.24, 2.45) is 5.10 Å². The molecule has 1 aliphatic carbocycles. The maximum Gasteiger partial charge on any atom is 0.255 e. The Balaban J connectivity index is 1.88. The number of fused-ring (bicyclic) bond motifs is 4. The van der Waals surface area contributed by atoms with Crippen molar-refractivity contribution in [3.8, 4) is 0 Å². The summed E-state index contributed by atoms with van der Waals surface area (Å²) in [6, 6.07) is 7.75. The SMILES string of the molecule is CSC1=NN2[C@H](C(=O)N1)c1ccccc1NC21CCCC1. The molecule has 2 aliphatic heterocycles. The van der Waals surface area contributed by atoms with Gasteiger partial charge in [0, 0.05) is 11.3 Å². The molecule has 2 heterocycles. The van der Waals surface area contributed by atoms with Crippen molar-refractivity contribution >= 4 is 28.5 Å². The van der Waals surface area contributed by atoms with Gasteiger partial charge in [0.15, 0.2) is 11.2 Å². The first-order valence-electron chi connectivity index (χ1n) is 7.33. The Morgan fingerprint density at radius 2 is 2.10 bits per heavy atom. The molecule has 0 radical (unpaired) electrons. The first kappa shape index (κ1) is 13.0. The van der Waals surface area contributed by atoms with Crippen LogP contribution in [0.4, 0.5) is 5.69 Å². The van der Waals surface area contributed by atoms with Gasteiger partial charge in [-0.25, -0.2) is 0 Å². The van der Waals surface area contributed by atoms with Crippen LogP contribution in [0.5, 0.6) is 0 Å². The summed E-state index contributed by atoms with van der Waals surface area (Å²) in [6.45, 7) is 0. The third-order valence-corrected chi connectivity index (χ3v) is 5.18. The highest BCUT2D eigenvalue weighted by atomic mass is 32.2. The van der Waals surface area contributed by atoms with Crippen molar-refractivity contribution in [3.63, 3.8) is 0 Å². The Hall–Kier alpha value is -1.69. The lowest BCUT2D eigenvalue weighted by molar-refractivity contribution is -0.129. The van der Waals surface area contributed by atoms with E-state index in [2.05, 4.69) is 16.7 Å². The summed E-state index contributed by atoms with van der Waals surface area (Å²) in [5.41, 5.74) is 1.87. The van der Waals surface area contributed by atoms with Gasteiger partial charge in [-0.2, -0.15) is 0 Å². The molecule has 0 aromatic heterocycles. The van der Waals surface area contributed by atoms with Gasteiger partial charge in [-0.15, -0.1) is 5.10 Å². The molecule has 1 atom stereocenters.